The minimum atomic E-state index is 0.0875. The molecule has 4 heterocycles. The van der Waals surface area contributed by atoms with Crippen molar-refractivity contribution >= 4 is 0 Å². The summed E-state index contributed by atoms with van der Waals surface area (Å²) in [6.07, 6.45) is 11.2. The predicted octanol–water partition coefficient (Wildman–Crippen LogP) is 2.48. The van der Waals surface area contributed by atoms with E-state index in [0.29, 0.717) is 23.3 Å². The Balaban J connectivity index is 1.31. The van der Waals surface area contributed by atoms with E-state index in [9.17, 15) is 5.11 Å². The highest BCUT2D eigenvalue weighted by molar-refractivity contribution is 5.65. The van der Waals surface area contributed by atoms with Crippen molar-refractivity contribution in [3.05, 3.63) is 43.1 Å². The maximum atomic E-state index is 10.4. The summed E-state index contributed by atoms with van der Waals surface area (Å²) in [7, 11) is 0. The predicted molar refractivity (Wildman–Crippen MR) is 102 cm³/mol. The van der Waals surface area contributed by atoms with Gasteiger partial charge >= 0.3 is 0 Å². The van der Waals surface area contributed by atoms with E-state index in [0.717, 1.165) is 18.5 Å². The summed E-state index contributed by atoms with van der Waals surface area (Å²) in [4.78, 5) is 8.36. The van der Waals surface area contributed by atoms with Gasteiger partial charge in [0.25, 0.3) is 5.88 Å². The van der Waals surface area contributed by atoms with E-state index in [1.165, 1.54) is 12.8 Å². The lowest BCUT2D eigenvalue weighted by Gasteiger charge is -2.36. The Kier molecular flexibility index (Phi) is 4.01. The summed E-state index contributed by atoms with van der Waals surface area (Å²) in [5.41, 5.74) is 1.49. The van der Waals surface area contributed by atoms with Crippen molar-refractivity contribution in [3.8, 4) is 28.7 Å². The number of aromatic hydroxyl groups is 1. The molecule has 2 aliphatic rings. The van der Waals surface area contributed by atoms with Crippen molar-refractivity contribution < 1.29 is 9.84 Å². The molecule has 2 bridgehead atoms. The zero-order chi connectivity index (χ0) is 19.1. The molecule has 0 saturated carbocycles. The van der Waals surface area contributed by atoms with Gasteiger partial charge in [0, 0.05) is 36.5 Å². The lowest BCUT2D eigenvalue weighted by atomic mass is 9.91. The Bertz CT molecular complexity index is 975. The molecule has 8 heteroatoms. The van der Waals surface area contributed by atoms with E-state index < -0.39 is 0 Å². The topological polar surface area (TPSA) is 98.0 Å². The average Bonchev–Trinajstić information content (AvgIpc) is 3.30. The van der Waals surface area contributed by atoms with E-state index in [-0.39, 0.29) is 17.4 Å². The molecule has 1 aromatic carbocycles. The van der Waals surface area contributed by atoms with Crippen LogP contribution in [0.2, 0.25) is 0 Å². The molecule has 3 aromatic rings. The van der Waals surface area contributed by atoms with Crippen LogP contribution in [0.5, 0.6) is 11.6 Å². The largest absolute Gasteiger partial charge is 0.507 e. The first-order valence-electron chi connectivity index (χ1n) is 9.54. The molecule has 8 nitrogen and oxygen atoms in total. The summed E-state index contributed by atoms with van der Waals surface area (Å²) < 4.78 is 7.85. The maximum Gasteiger partial charge on any atom is 0.252 e. The molecule has 0 spiro atoms. The van der Waals surface area contributed by atoms with Gasteiger partial charge in [0.15, 0.2) is 5.82 Å². The number of aromatic nitrogens is 5. The van der Waals surface area contributed by atoms with Crippen molar-refractivity contribution in [1.29, 1.82) is 0 Å². The lowest BCUT2D eigenvalue weighted by Crippen LogP contribution is -2.50. The van der Waals surface area contributed by atoms with Gasteiger partial charge in [-0.1, -0.05) is 0 Å². The fourth-order valence-electron chi connectivity index (χ4n) is 4.36. The molecule has 3 atom stereocenters. The van der Waals surface area contributed by atoms with Gasteiger partial charge < -0.3 is 19.7 Å². The molecule has 2 fully saturated rings. The number of rotatable bonds is 4. The molecule has 0 amide bonds. The van der Waals surface area contributed by atoms with Gasteiger partial charge in [0.05, 0.1) is 23.8 Å². The zero-order valence-electron chi connectivity index (χ0n) is 15.6. The monoisotopic (exact) mass is 378 g/mol. The quantitative estimate of drug-likeness (QED) is 0.720. The number of hydrogen-bond donors (Lipinski definition) is 2. The van der Waals surface area contributed by atoms with E-state index in [1.54, 1.807) is 30.9 Å². The fourth-order valence-corrected chi connectivity index (χ4v) is 4.36. The van der Waals surface area contributed by atoms with Crippen LogP contribution in [0, 0.1) is 0 Å². The molecule has 28 heavy (non-hydrogen) atoms. The molecule has 2 N–H and O–H groups in total. The number of hydrogen-bond acceptors (Lipinski definition) is 7. The van der Waals surface area contributed by atoms with E-state index in [1.807, 2.05) is 16.8 Å². The molecule has 144 valence electrons. The standard InChI is InChI=1S/C20H22N6O2/c1-20-5-4-13(23-20)8-15(10-20)28-18-11-22-19(25-24-18)16-3-2-14(9-17(16)27)26-7-6-21-12-26/h2-3,6-7,9,11-13,15,23,27H,4-5,8,10H2,1H3/t13?,15-,20+/m0/s1. The van der Waals surface area contributed by atoms with Gasteiger partial charge in [-0.05, 0) is 38.3 Å². The maximum absolute atomic E-state index is 10.4. The van der Waals surface area contributed by atoms with Crippen molar-refractivity contribution in [2.75, 3.05) is 0 Å². The third-order valence-corrected chi connectivity index (χ3v) is 5.68. The highest BCUT2D eigenvalue weighted by Crippen LogP contribution is 2.36. The molecule has 2 aromatic heterocycles. The molecule has 0 radical (unpaired) electrons. The molecule has 0 aliphatic carbocycles. The first kappa shape index (κ1) is 17.1. The van der Waals surface area contributed by atoms with Gasteiger partial charge in [-0.3, -0.25) is 0 Å². The molecular weight excluding hydrogens is 356 g/mol. The van der Waals surface area contributed by atoms with Crippen LogP contribution in [0.15, 0.2) is 43.1 Å². The third-order valence-electron chi connectivity index (χ3n) is 5.68. The number of piperidine rings is 1. The normalized spacial score (nSPS) is 26.3. The summed E-state index contributed by atoms with van der Waals surface area (Å²) in [5.74, 6) is 0.872. The van der Waals surface area contributed by atoms with Crippen molar-refractivity contribution in [2.24, 2.45) is 0 Å². The molecule has 5 rings (SSSR count). The fraction of sp³-hybridized carbons (Fsp3) is 0.400. The number of phenolic OH excluding ortho intramolecular Hbond substituents is 1. The lowest BCUT2D eigenvalue weighted by molar-refractivity contribution is 0.102. The van der Waals surface area contributed by atoms with E-state index in [2.05, 4.69) is 32.4 Å². The second-order valence-corrected chi connectivity index (χ2v) is 7.91. The van der Waals surface area contributed by atoms with Crippen LogP contribution < -0.4 is 10.1 Å². The minimum Gasteiger partial charge on any atom is -0.507 e. The molecular formula is C20H22N6O2. The molecule has 2 aliphatic heterocycles. The van der Waals surface area contributed by atoms with Crippen LogP contribution in [0.25, 0.3) is 17.1 Å². The van der Waals surface area contributed by atoms with Gasteiger partial charge in [0.1, 0.15) is 11.9 Å². The second-order valence-electron chi connectivity index (χ2n) is 7.91. The van der Waals surface area contributed by atoms with Crippen LogP contribution in [-0.4, -0.2) is 47.5 Å². The van der Waals surface area contributed by atoms with Crippen LogP contribution >= 0.6 is 0 Å². The smallest absolute Gasteiger partial charge is 0.252 e. The van der Waals surface area contributed by atoms with Crippen molar-refractivity contribution in [2.45, 2.75) is 50.3 Å². The summed E-state index contributed by atoms with van der Waals surface area (Å²) in [6.45, 7) is 2.26. The van der Waals surface area contributed by atoms with Crippen LogP contribution in [0.3, 0.4) is 0 Å². The summed E-state index contributed by atoms with van der Waals surface area (Å²) >= 11 is 0. The Hall–Kier alpha value is -3.00. The van der Waals surface area contributed by atoms with Gasteiger partial charge in [0.2, 0.25) is 0 Å². The zero-order valence-corrected chi connectivity index (χ0v) is 15.6. The van der Waals surface area contributed by atoms with E-state index >= 15 is 0 Å². The third kappa shape index (κ3) is 3.20. The summed E-state index contributed by atoms with van der Waals surface area (Å²) in [6, 6.07) is 5.81. The number of nitrogens with zero attached hydrogens (tertiary/aromatic N) is 5. The van der Waals surface area contributed by atoms with Crippen molar-refractivity contribution in [1.82, 2.24) is 30.0 Å². The van der Waals surface area contributed by atoms with Crippen LogP contribution in [-0.2, 0) is 0 Å². The first-order valence-corrected chi connectivity index (χ1v) is 9.54. The highest BCUT2D eigenvalue weighted by Gasteiger charge is 2.42. The Morgan fingerprint density at radius 3 is 2.96 bits per heavy atom. The molecule has 1 unspecified atom stereocenters. The van der Waals surface area contributed by atoms with Crippen molar-refractivity contribution in [3.63, 3.8) is 0 Å². The number of nitrogens with one attached hydrogen (secondary N) is 1. The van der Waals surface area contributed by atoms with Gasteiger partial charge in [-0.2, -0.15) is 0 Å². The Labute approximate surface area is 162 Å². The SMILES string of the molecule is C[C@@]12CCC(C[C@H](Oc3cnc(-c4ccc(-n5ccnc5)cc4O)nn3)C1)N2. The van der Waals surface area contributed by atoms with E-state index in [4.69, 9.17) is 4.74 Å². The van der Waals surface area contributed by atoms with Gasteiger partial charge in [-0.25, -0.2) is 9.97 Å². The Morgan fingerprint density at radius 2 is 2.25 bits per heavy atom. The van der Waals surface area contributed by atoms with Crippen LogP contribution in [0.1, 0.15) is 32.6 Å². The number of ether oxygens (including phenoxy) is 1. The second kappa shape index (κ2) is 6.56. The number of benzene rings is 1. The Morgan fingerprint density at radius 1 is 1.32 bits per heavy atom. The van der Waals surface area contributed by atoms with Gasteiger partial charge in [-0.15, -0.1) is 10.2 Å². The number of phenols is 1. The molecule has 2 saturated heterocycles. The first-order chi connectivity index (χ1) is 13.6. The average molecular weight is 378 g/mol. The summed E-state index contributed by atoms with van der Waals surface area (Å²) in [5, 5.41) is 22.4. The highest BCUT2D eigenvalue weighted by atomic mass is 16.5. The number of fused-ring (bicyclic) bond motifs is 2. The number of imidazole rings is 1. The minimum absolute atomic E-state index is 0.0875. The van der Waals surface area contributed by atoms with Crippen LogP contribution in [0.4, 0.5) is 0 Å².